The molecule has 5 N–H and O–H groups in total. The molecule has 0 amide bonds. The molecule has 1 aromatic carbocycles. The highest BCUT2D eigenvalue weighted by Gasteiger charge is 2.55. The number of aromatic nitrogens is 1. The minimum Gasteiger partial charge on any atom is -0.477 e. The lowest BCUT2D eigenvalue weighted by Gasteiger charge is -2.50. The summed E-state index contributed by atoms with van der Waals surface area (Å²) in [6, 6.07) is 3.41. The van der Waals surface area contributed by atoms with Crippen LogP contribution in [0.25, 0.3) is 10.9 Å². The predicted octanol–water partition coefficient (Wildman–Crippen LogP) is 4.15. The zero-order valence-electron chi connectivity index (χ0n) is 48.3. The first-order valence-corrected chi connectivity index (χ1v) is 27.7. The van der Waals surface area contributed by atoms with E-state index in [2.05, 4.69) is 5.32 Å². The first kappa shape index (κ1) is 63.2. The average Bonchev–Trinajstić information content (AvgIpc) is 3.68. The minimum absolute atomic E-state index is 0.0239. The fourth-order valence-electron chi connectivity index (χ4n) is 12.4. The van der Waals surface area contributed by atoms with Crippen LogP contribution in [-0.4, -0.2) is 186 Å². The van der Waals surface area contributed by atoms with Crippen molar-refractivity contribution in [3.63, 3.8) is 0 Å². The highest BCUT2D eigenvalue weighted by molar-refractivity contribution is 5.93. The van der Waals surface area contributed by atoms with Crippen LogP contribution in [-0.2, 0) is 76.6 Å². The van der Waals surface area contributed by atoms with E-state index in [1.54, 1.807) is 52.2 Å². The van der Waals surface area contributed by atoms with Gasteiger partial charge in [0.2, 0.25) is 5.43 Å². The molecule has 0 spiro atoms. The summed E-state index contributed by atoms with van der Waals surface area (Å²) in [6.07, 6.45) is -6.99. The van der Waals surface area contributed by atoms with Gasteiger partial charge in [-0.05, 0) is 106 Å². The first-order valence-electron chi connectivity index (χ1n) is 27.7. The van der Waals surface area contributed by atoms with Crippen molar-refractivity contribution in [3.8, 4) is 0 Å². The highest BCUT2D eigenvalue weighted by atomic mass is 16.7. The molecule has 4 aliphatic heterocycles. The van der Waals surface area contributed by atoms with Gasteiger partial charge in [0.25, 0.3) is 0 Å². The van der Waals surface area contributed by atoms with E-state index in [1.807, 2.05) is 38.9 Å². The number of carboxylic acid groups (broad SMARTS) is 1. The molecule has 0 radical (unpaired) electrons. The molecule has 0 bridgehead atoms. The average molecular weight is 1100 g/mol. The number of aliphatic hydroxyl groups excluding tert-OH is 2. The van der Waals surface area contributed by atoms with Crippen LogP contribution < -0.4 is 10.7 Å². The predicted molar refractivity (Wildman–Crippen MR) is 286 cm³/mol. The smallest absolute Gasteiger partial charge is 0.341 e. The highest BCUT2D eigenvalue weighted by Crippen LogP contribution is 2.42. The van der Waals surface area contributed by atoms with Gasteiger partial charge in [-0.25, -0.2) is 4.79 Å². The van der Waals surface area contributed by atoms with Crippen LogP contribution in [0, 0.1) is 23.7 Å². The van der Waals surface area contributed by atoms with Gasteiger partial charge >= 0.3 is 17.9 Å². The summed E-state index contributed by atoms with van der Waals surface area (Å²) < 4.78 is 58.9. The maximum absolute atomic E-state index is 14.6. The Morgan fingerprint density at radius 1 is 0.910 bits per heavy atom. The summed E-state index contributed by atoms with van der Waals surface area (Å²) in [7, 11) is 6.72. The van der Waals surface area contributed by atoms with Crippen molar-refractivity contribution in [2.45, 2.75) is 212 Å². The number of aliphatic hydroxyl groups is 3. The van der Waals surface area contributed by atoms with Gasteiger partial charge in [0.05, 0.1) is 67.2 Å². The van der Waals surface area contributed by atoms with Gasteiger partial charge in [-0.2, -0.15) is 0 Å². The van der Waals surface area contributed by atoms with Crippen LogP contribution in [0.4, 0.5) is 0 Å². The molecule has 3 saturated heterocycles. The number of hydrogen-bond acceptors (Lipinski definition) is 19. The Morgan fingerprint density at radius 2 is 1.59 bits per heavy atom. The van der Waals surface area contributed by atoms with Crippen LogP contribution in [0.1, 0.15) is 129 Å². The summed E-state index contributed by atoms with van der Waals surface area (Å²) in [5.41, 5.74) is -2.97. The van der Waals surface area contributed by atoms with Gasteiger partial charge in [-0.15, -0.1) is 0 Å². The minimum atomic E-state index is -2.03. The largest absolute Gasteiger partial charge is 0.477 e. The normalized spacial score (nSPS) is 37.4. The Kier molecular flexibility index (Phi) is 21.3. The molecule has 5 heterocycles. The summed E-state index contributed by atoms with van der Waals surface area (Å²) in [5, 5.41) is 48.6. The number of methoxy groups -OCH3 is 2. The Hall–Kier alpha value is -3.97. The molecule has 78 heavy (non-hydrogen) atoms. The number of carbonyl (C=O) groups is 4. The number of carbonyl (C=O) groups excluding carboxylic acids is 3. The second-order valence-electron chi connectivity index (χ2n) is 23.3. The second-order valence-corrected chi connectivity index (χ2v) is 23.3. The molecule has 1 aromatic heterocycles. The van der Waals surface area contributed by atoms with Crippen LogP contribution in [0.5, 0.6) is 0 Å². The van der Waals surface area contributed by atoms with Gasteiger partial charge in [-0.3, -0.25) is 19.2 Å². The number of aromatic carboxylic acids is 1. The number of carboxylic acids is 1. The van der Waals surface area contributed by atoms with Crippen LogP contribution >= 0.6 is 0 Å². The molecule has 6 rings (SSSR count). The van der Waals surface area contributed by atoms with E-state index < -0.39 is 119 Å². The standard InChI is InChI=1S/C57H89N3O18/c1-15-41-57(10,69)49(65)32(4)45(62)30(2)26-55(8,70-13)50(78-54-47(64)40(59(11)12)23-31(3)73-54)33(5)48(34(6)53(68)75-41)77-43-27-56(9,71-14)51(35(7)74-43)76-42(61)18-20-58-19-16-17-36-24-37-29-72-22-21-60-28-39(52(66)67)46(63)38(25-36)44(37)60/h24-25,28,30-35,40-41,43,47-51,54,58,64-65,69H,15-23,26-27,29H2,1-14H3,(H,66,67)/t30-,31-,32+,33+,34-,35+,40+,41-,43+,47-,48+,49-,50-,51+,54?,55?,56-,57?/m1/s1. The number of esters is 2. The summed E-state index contributed by atoms with van der Waals surface area (Å²) >= 11 is 0. The zero-order valence-corrected chi connectivity index (χ0v) is 48.3. The topological polar surface area (TPSA) is 270 Å². The Labute approximate surface area is 458 Å². The number of ether oxygens (including phenoxy) is 9. The van der Waals surface area contributed by atoms with Crippen molar-refractivity contribution in [1.29, 1.82) is 0 Å². The quantitative estimate of drug-likeness (QED) is 0.110. The number of aryl methyl sites for hydroxylation is 1. The van der Waals surface area contributed by atoms with Crippen molar-refractivity contribution in [3.05, 3.63) is 45.2 Å². The van der Waals surface area contributed by atoms with Gasteiger partial charge in [-0.1, -0.05) is 33.8 Å². The van der Waals surface area contributed by atoms with Gasteiger partial charge in [0.1, 0.15) is 34.8 Å². The molecular formula is C57H89N3O18. The molecule has 21 nitrogen and oxygen atoms in total. The van der Waals surface area contributed by atoms with E-state index >= 15 is 0 Å². The molecule has 2 aromatic rings. The molecule has 3 unspecified atom stereocenters. The van der Waals surface area contributed by atoms with Gasteiger partial charge in [0.15, 0.2) is 18.7 Å². The van der Waals surface area contributed by atoms with Crippen LogP contribution in [0.15, 0.2) is 23.1 Å². The fourth-order valence-corrected chi connectivity index (χ4v) is 12.4. The lowest BCUT2D eigenvalue weighted by molar-refractivity contribution is -0.320. The number of ketones is 1. The van der Waals surface area contributed by atoms with E-state index in [0.717, 1.165) is 11.1 Å². The van der Waals surface area contributed by atoms with E-state index in [4.69, 9.17) is 42.6 Å². The Morgan fingerprint density at radius 3 is 2.23 bits per heavy atom. The van der Waals surface area contributed by atoms with Crippen molar-refractivity contribution >= 4 is 34.6 Å². The number of pyridine rings is 1. The number of hydrogen-bond donors (Lipinski definition) is 5. The molecule has 21 heteroatoms. The van der Waals surface area contributed by atoms with E-state index in [9.17, 15) is 44.4 Å². The molecule has 0 saturated carbocycles. The van der Waals surface area contributed by atoms with Crippen LogP contribution in [0.3, 0.4) is 0 Å². The van der Waals surface area contributed by atoms with Crippen molar-refractivity contribution < 1.29 is 82.2 Å². The Bertz CT molecular complexity index is 2470. The molecule has 440 valence electrons. The number of nitrogens with zero attached hydrogens (tertiary/aromatic N) is 2. The van der Waals surface area contributed by atoms with E-state index in [0.29, 0.717) is 63.0 Å². The molecular weight excluding hydrogens is 1010 g/mol. The number of nitrogens with one attached hydrogen (secondary N) is 1. The third-order valence-electron chi connectivity index (χ3n) is 17.1. The van der Waals surface area contributed by atoms with Crippen LogP contribution in [0.2, 0.25) is 0 Å². The molecule has 18 atom stereocenters. The SMILES string of the molecule is CC[C@H]1OC(=O)[C@H](C)[C@@H](O[C@H]2C[C@@](C)(OC)[C@@H](OC(=O)CCNCCCc3cc4c5c(c3)c(=O)c(C(=O)O)cn5CCOC4)[C@H](C)O2)[C@H](C)[C@@H](OC2O[C@H](C)C[C@H](N(C)C)[C@H]2O)C(C)(OC)C[C@@H](C)C(=O)[C@H](C)[C@@H](O)C1(C)O. The number of benzene rings is 1. The number of likely N-dealkylation sites (N-methyl/N-ethyl adjacent to an activating group) is 1. The summed E-state index contributed by atoms with van der Waals surface area (Å²) in [5.74, 6) is -6.63. The van der Waals surface area contributed by atoms with Gasteiger partial charge in [0, 0.05) is 74.7 Å². The van der Waals surface area contributed by atoms with Gasteiger partial charge < -0.3 is 77.8 Å². The number of rotatable bonds is 17. The van der Waals surface area contributed by atoms with E-state index in [-0.39, 0.29) is 49.2 Å². The lowest BCUT2D eigenvalue weighted by atomic mass is 9.74. The monoisotopic (exact) mass is 1100 g/mol. The third-order valence-corrected chi connectivity index (χ3v) is 17.1. The van der Waals surface area contributed by atoms with E-state index in [1.165, 1.54) is 34.3 Å². The Balaban J connectivity index is 1.19. The van der Waals surface area contributed by atoms with Crippen molar-refractivity contribution in [1.82, 2.24) is 14.8 Å². The first-order chi connectivity index (χ1) is 36.6. The molecule has 0 aliphatic carbocycles. The second kappa shape index (κ2) is 26.3. The third kappa shape index (κ3) is 13.8. The molecule has 3 fully saturated rings. The number of cyclic esters (lactones) is 1. The van der Waals surface area contributed by atoms with Crippen molar-refractivity contribution in [2.75, 3.05) is 48.0 Å². The molecule has 4 aliphatic rings. The maximum atomic E-state index is 14.6. The van der Waals surface area contributed by atoms with Crippen molar-refractivity contribution in [2.24, 2.45) is 23.7 Å². The maximum Gasteiger partial charge on any atom is 0.341 e. The number of Topliss-reactive ketones (excluding diaryl/α,β-unsaturated/α-hetero) is 1. The summed E-state index contributed by atoms with van der Waals surface area (Å²) in [6.45, 7) is 18.9. The lowest BCUT2D eigenvalue weighted by Crippen LogP contribution is -2.61. The fraction of sp³-hybridized carbons (Fsp3) is 0.772. The summed E-state index contributed by atoms with van der Waals surface area (Å²) in [4.78, 5) is 69.4. The zero-order chi connectivity index (χ0) is 57.8.